The number of carbonyl (C=O) groups excluding carboxylic acids is 1. The van der Waals surface area contributed by atoms with Gasteiger partial charge >= 0.3 is 0 Å². The van der Waals surface area contributed by atoms with Gasteiger partial charge in [-0.25, -0.2) is 0 Å². The lowest BCUT2D eigenvalue weighted by atomic mass is 9.79. The van der Waals surface area contributed by atoms with Crippen molar-refractivity contribution in [3.63, 3.8) is 0 Å². The summed E-state index contributed by atoms with van der Waals surface area (Å²) in [4.78, 5) is 14.2. The number of nitrogens with zero attached hydrogens (tertiary/aromatic N) is 1. The molecule has 0 aromatic rings. The molecule has 1 aliphatic rings. The highest BCUT2D eigenvalue weighted by molar-refractivity contribution is 5.83. The molecule has 1 saturated heterocycles. The Morgan fingerprint density at radius 3 is 2.44 bits per heavy atom. The molecular weight excluding hydrogens is 204 g/mol. The van der Waals surface area contributed by atoms with Gasteiger partial charge in [0.05, 0.1) is 5.41 Å². The van der Waals surface area contributed by atoms with Crippen molar-refractivity contribution in [3.8, 4) is 0 Å². The third-order valence-electron chi connectivity index (χ3n) is 3.28. The molecule has 2 N–H and O–H groups in total. The van der Waals surface area contributed by atoms with E-state index in [-0.39, 0.29) is 11.3 Å². The maximum absolute atomic E-state index is 12.4. The van der Waals surface area contributed by atoms with E-state index in [0.29, 0.717) is 25.7 Å². The first kappa shape index (κ1) is 13.5. The topological polar surface area (TPSA) is 55.6 Å². The SMILES string of the molecule is CC(C)CN(C)C(=O)C1(CN)CCOCC1. The molecule has 1 heterocycles. The van der Waals surface area contributed by atoms with Crippen LogP contribution in [0.25, 0.3) is 0 Å². The number of nitrogens with two attached hydrogens (primary N) is 1. The minimum absolute atomic E-state index is 0.187. The molecule has 4 nitrogen and oxygen atoms in total. The number of ether oxygens (including phenoxy) is 1. The van der Waals surface area contributed by atoms with E-state index in [4.69, 9.17) is 10.5 Å². The van der Waals surface area contributed by atoms with Gasteiger partial charge in [-0.05, 0) is 18.8 Å². The van der Waals surface area contributed by atoms with E-state index in [0.717, 1.165) is 19.4 Å². The zero-order valence-electron chi connectivity index (χ0n) is 10.7. The van der Waals surface area contributed by atoms with Crippen LogP contribution in [0.2, 0.25) is 0 Å². The quantitative estimate of drug-likeness (QED) is 0.776. The fourth-order valence-electron chi connectivity index (χ4n) is 2.30. The second-order valence-electron chi connectivity index (χ2n) is 5.18. The molecule has 0 aromatic heterocycles. The Morgan fingerprint density at radius 2 is 2.00 bits per heavy atom. The van der Waals surface area contributed by atoms with Crippen LogP contribution in [-0.4, -0.2) is 44.2 Å². The minimum Gasteiger partial charge on any atom is -0.381 e. The predicted octanol–water partition coefficient (Wildman–Crippen LogP) is 0.856. The third kappa shape index (κ3) is 2.95. The lowest BCUT2D eigenvalue weighted by Gasteiger charge is -2.38. The van der Waals surface area contributed by atoms with Crippen molar-refractivity contribution in [3.05, 3.63) is 0 Å². The van der Waals surface area contributed by atoms with Crippen LogP contribution >= 0.6 is 0 Å². The summed E-state index contributed by atoms with van der Waals surface area (Å²) < 4.78 is 5.31. The third-order valence-corrected chi connectivity index (χ3v) is 3.28. The zero-order chi connectivity index (χ0) is 12.2. The summed E-state index contributed by atoms with van der Waals surface area (Å²) in [6, 6.07) is 0. The van der Waals surface area contributed by atoms with Gasteiger partial charge in [0.25, 0.3) is 0 Å². The predicted molar refractivity (Wildman–Crippen MR) is 64.0 cm³/mol. The van der Waals surface area contributed by atoms with Crippen molar-refractivity contribution in [2.45, 2.75) is 26.7 Å². The minimum atomic E-state index is -0.373. The summed E-state index contributed by atoms with van der Waals surface area (Å²) >= 11 is 0. The molecular formula is C12H24N2O2. The molecule has 1 aliphatic heterocycles. The summed E-state index contributed by atoms with van der Waals surface area (Å²) in [5.74, 6) is 0.676. The molecule has 1 amide bonds. The summed E-state index contributed by atoms with van der Waals surface area (Å²) in [6.07, 6.45) is 1.51. The van der Waals surface area contributed by atoms with Crippen LogP contribution in [0.1, 0.15) is 26.7 Å². The van der Waals surface area contributed by atoms with E-state index in [1.165, 1.54) is 0 Å². The second-order valence-corrected chi connectivity index (χ2v) is 5.18. The fraction of sp³-hybridized carbons (Fsp3) is 0.917. The summed E-state index contributed by atoms with van der Waals surface area (Å²) in [5.41, 5.74) is 5.43. The standard InChI is InChI=1S/C12H24N2O2/c1-10(2)8-14(3)11(15)12(9-13)4-6-16-7-5-12/h10H,4-9,13H2,1-3H3. The maximum Gasteiger partial charge on any atom is 0.229 e. The number of hydrogen-bond donors (Lipinski definition) is 1. The van der Waals surface area contributed by atoms with Crippen molar-refractivity contribution in [1.82, 2.24) is 4.90 Å². The first-order chi connectivity index (χ1) is 7.52. The van der Waals surface area contributed by atoms with Gasteiger partial charge in [0.2, 0.25) is 5.91 Å². The number of rotatable bonds is 4. The second kappa shape index (κ2) is 5.64. The van der Waals surface area contributed by atoms with E-state index in [2.05, 4.69) is 13.8 Å². The van der Waals surface area contributed by atoms with Gasteiger partial charge in [-0.15, -0.1) is 0 Å². The van der Waals surface area contributed by atoms with E-state index in [1.807, 2.05) is 11.9 Å². The highest BCUT2D eigenvalue weighted by atomic mass is 16.5. The monoisotopic (exact) mass is 228 g/mol. The van der Waals surface area contributed by atoms with Crippen LogP contribution < -0.4 is 5.73 Å². The Labute approximate surface area is 98.1 Å². The Morgan fingerprint density at radius 1 is 1.44 bits per heavy atom. The van der Waals surface area contributed by atoms with Crippen molar-refractivity contribution in [1.29, 1.82) is 0 Å². The first-order valence-electron chi connectivity index (χ1n) is 6.05. The molecule has 0 radical (unpaired) electrons. The van der Waals surface area contributed by atoms with Crippen LogP contribution in [0.15, 0.2) is 0 Å². The lowest BCUT2D eigenvalue weighted by Crippen LogP contribution is -2.50. The van der Waals surface area contributed by atoms with Crippen molar-refractivity contribution in [2.24, 2.45) is 17.1 Å². The van der Waals surface area contributed by atoms with Crippen molar-refractivity contribution < 1.29 is 9.53 Å². The van der Waals surface area contributed by atoms with Crippen LogP contribution in [0.3, 0.4) is 0 Å². The molecule has 16 heavy (non-hydrogen) atoms. The molecule has 0 bridgehead atoms. The van der Waals surface area contributed by atoms with Gasteiger partial charge < -0.3 is 15.4 Å². The van der Waals surface area contributed by atoms with Gasteiger partial charge in [-0.3, -0.25) is 4.79 Å². The molecule has 0 unspecified atom stereocenters. The zero-order valence-corrected chi connectivity index (χ0v) is 10.7. The van der Waals surface area contributed by atoms with Gasteiger partial charge in [0.15, 0.2) is 0 Å². The van der Waals surface area contributed by atoms with E-state index >= 15 is 0 Å². The molecule has 4 heteroatoms. The summed E-state index contributed by atoms with van der Waals surface area (Å²) in [6.45, 7) is 6.75. The van der Waals surface area contributed by atoms with Crippen LogP contribution in [-0.2, 0) is 9.53 Å². The molecule has 0 saturated carbocycles. The van der Waals surface area contributed by atoms with Crippen molar-refractivity contribution >= 4 is 5.91 Å². The molecule has 0 atom stereocenters. The van der Waals surface area contributed by atoms with Gasteiger partial charge in [0, 0.05) is 33.4 Å². The molecule has 1 fully saturated rings. The molecule has 94 valence electrons. The van der Waals surface area contributed by atoms with E-state index in [9.17, 15) is 4.79 Å². The Balaban J connectivity index is 2.67. The number of hydrogen-bond acceptors (Lipinski definition) is 3. The Hall–Kier alpha value is -0.610. The van der Waals surface area contributed by atoms with Crippen LogP contribution in [0, 0.1) is 11.3 Å². The Kier molecular flexibility index (Phi) is 4.74. The average molecular weight is 228 g/mol. The molecule has 0 aromatic carbocycles. The number of amides is 1. The van der Waals surface area contributed by atoms with Crippen LogP contribution in [0.4, 0.5) is 0 Å². The molecule has 1 rings (SSSR count). The highest BCUT2D eigenvalue weighted by Gasteiger charge is 2.40. The Bertz CT molecular complexity index is 235. The van der Waals surface area contributed by atoms with Gasteiger partial charge in [0.1, 0.15) is 0 Å². The molecule has 0 aliphatic carbocycles. The maximum atomic E-state index is 12.4. The van der Waals surface area contributed by atoms with Crippen molar-refractivity contribution in [2.75, 3.05) is 33.4 Å². The lowest BCUT2D eigenvalue weighted by molar-refractivity contribution is -0.146. The van der Waals surface area contributed by atoms with Crippen LogP contribution in [0.5, 0.6) is 0 Å². The smallest absolute Gasteiger partial charge is 0.229 e. The van der Waals surface area contributed by atoms with Gasteiger partial charge in [-0.2, -0.15) is 0 Å². The first-order valence-corrected chi connectivity index (χ1v) is 6.05. The largest absolute Gasteiger partial charge is 0.381 e. The normalized spacial score (nSPS) is 19.8. The highest BCUT2D eigenvalue weighted by Crippen LogP contribution is 2.31. The molecule has 0 spiro atoms. The fourth-order valence-corrected chi connectivity index (χ4v) is 2.30. The van der Waals surface area contributed by atoms with E-state index < -0.39 is 0 Å². The van der Waals surface area contributed by atoms with E-state index in [1.54, 1.807) is 0 Å². The summed E-state index contributed by atoms with van der Waals surface area (Å²) in [7, 11) is 1.87. The average Bonchev–Trinajstić information content (AvgIpc) is 2.28. The summed E-state index contributed by atoms with van der Waals surface area (Å²) in [5, 5.41) is 0. The van der Waals surface area contributed by atoms with Gasteiger partial charge in [-0.1, -0.05) is 13.8 Å². The number of carbonyl (C=O) groups is 1.